The Morgan fingerprint density at radius 1 is 1.22 bits per heavy atom. The molecule has 1 heterocycles. The van der Waals surface area contributed by atoms with Crippen LogP contribution in [-0.4, -0.2) is 20.9 Å². The molecule has 1 aromatic carbocycles. The van der Waals surface area contributed by atoms with Gasteiger partial charge in [-0.1, -0.05) is 17.7 Å². The van der Waals surface area contributed by atoms with Gasteiger partial charge in [-0.3, -0.25) is 9.89 Å². The lowest BCUT2D eigenvalue weighted by Crippen LogP contribution is -2.21. The van der Waals surface area contributed by atoms with Crippen LogP contribution in [-0.2, 0) is 0 Å². The van der Waals surface area contributed by atoms with E-state index in [1.54, 1.807) is 0 Å². The van der Waals surface area contributed by atoms with Gasteiger partial charge >= 0.3 is 5.97 Å². The molecular formula is C13H14N2O3. The number of carbonyl (C=O) groups is 1. The fourth-order valence-electron chi connectivity index (χ4n) is 2.21. The molecule has 0 unspecified atom stereocenters. The van der Waals surface area contributed by atoms with Crippen molar-refractivity contribution in [2.45, 2.75) is 20.8 Å². The number of aromatic amines is 1. The quantitative estimate of drug-likeness (QED) is 0.848. The molecule has 0 saturated heterocycles. The largest absolute Gasteiger partial charge is 0.477 e. The van der Waals surface area contributed by atoms with E-state index in [4.69, 9.17) is 5.11 Å². The number of benzene rings is 1. The summed E-state index contributed by atoms with van der Waals surface area (Å²) in [5.41, 5.74) is 2.86. The van der Waals surface area contributed by atoms with E-state index in [1.807, 2.05) is 32.9 Å². The average Bonchev–Trinajstić information content (AvgIpc) is 2.59. The molecule has 0 aliphatic rings. The van der Waals surface area contributed by atoms with Crippen LogP contribution in [0.3, 0.4) is 0 Å². The van der Waals surface area contributed by atoms with Crippen LogP contribution in [0.15, 0.2) is 23.1 Å². The third-order valence-electron chi connectivity index (χ3n) is 2.86. The van der Waals surface area contributed by atoms with E-state index in [0.717, 1.165) is 16.7 Å². The van der Waals surface area contributed by atoms with Crippen molar-refractivity contribution in [1.82, 2.24) is 9.78 Å². The van der Waals surface area contributed by atoms with Crippen molar-refractivity contribution in [3.05, 3.63) is 50.9 Å². The van der Waals surface area contributed by atoms with Gasteiger partial charge in [0.1, 0.15) is 5.56 Å². The monoisotopic (exact) mass is 246 g/mol. The fraction of sp³-hybridized carbons (Fsp3) is 0.231. The lowest BCUT2D eigenvalue weighted by atomic mass is 10.1. The molecule has 2 aromatic rings. The Morgan fingerprint density at radius 2 is 1.78 bits per heavy atom. The Balaban J connectivity index is 2.71. The molecule has 0 radical (unpaired) electrons. The normalized spacial score (nSPS) is 10.6. The summed E-state index contributed by atoms with van der Waals surface area (Å²) >= 11 is 0. The molecule has 0 aliphatic heterocycles. The first-order valence-electron chi connectivity index (χ1n) is 5.53. The van der Waals surface area contributed by atoms with Crippen LogP contribution in [0, 0.1) is 20.8 Å². The SMILES string of the molecule is Cc1cc(C)c(-n2[nH]cc(C(=O)O)c2=O)c(C)c1. The Morgan fingerprint density at radius 3 is 2.22 bits per heavy atom. The molecule has 1 aromatic heterocycles. The summed E-state index contributed by atoms with van der Waals surface area (Å²) in [6.07, 6.45) is 1.21. The highest BCUT2D eigenvalue weighted by Gasteiger charge is 2.16. The van der Waals surface area contributed by atoms with Crippen LogP contribution in [0.2, 0.25) is 0 Å². The number of nitrogens with one attached hydrogen (secondary N) is 1. The minimum atomic E-state index is -1.22. The number of H-pyrrole nitrogens is 1. The average molecular weight is 246 g/mol. The predicted octanol–water partition coefficient (Wildman–Crippen LogP) is 1.79. The molecule has 0 atom stereocenters. The van der Waals surface area contributed by atoms with Crippen molar-refractivity contribution in [1.29, 1.82) is 0 Å². The molecule has 2 N–H and O–H groups in total. The third kappa shape index (κ3) is 1.84. The first-order valence-corrected chi connectivity index (χ1v) is 5.53. The van der Waals surface area contributed by atoms with Gasteiger partial charge in [-0.15, -0.1) is 0 Å². The third-order valence-corrected chi connectivity index (χ3v) is 2.86. The van der Waals surface area contributed by atoms with Crippen molar-refractivity contribution in [2.24, 2.45) is 0 Å². The van der Waals surface area contributed by atoms with Crippen LogP contribution in [0.4, 0.5) is 0 Å². The minimum absolute atomic E-state index is 0.255. The zero-order valence-corrected chi connectivity index (χ0v) is 10.4. The van der Waals surface area contributed by atoms with Crippen LogP contribution in [0.5, 0.6) is 0 Å². The summed E-state index contributed by atoms with van der Waals surface area (Å²) < 4.78 is 1.27. The first kappa shape index (κ1) is 12.2. The maximum atomic E-state index is 12.0. The van der Waals surface area contributed by atoms with Crippen molar-refractivity contribution in [3.8, 4) is 5.69 Å². The molecule has 0 fully saturated rings. The Labute approximate surface area is 104 Å². The maximum absolute atomic E-state index is 12.0. The van der Waals surface area contributed by atoms with Gasteiger partial charge in [0.2, 0.25) is 0 Å². The summed E-state index contributed by atoms with van der Waals surface area (Å²) in [6.45, 7) is 5.76. The van der Waals surface area contributed by atoms with E-state index in [-0.39, 0.29) is 5.56 Å². The standard InChI is InChI=1S/C13H14N2O3/c1-7-4-8(2)11(9(3)5-7)15-12(16)10(6-14-15)13(17)18/h4-6,14H,1-3H3,(H,17,18). The molecule has 5 nitrogen and oxygen atoms in total. The van der Waals surface area contributed by atoms with Gasteiger partial charge in [0.15, 0.2) is 0 Å². The zero-order chi connectivity index (χ0) is 13.4. The number of aryl methyl sites for hydroxylation is 3. The van der Waals surface area contributed by atoms with Gasteiger partial charge in [0, 0.05) is 6.20 Å². The number of hydrogen-bond donors (Lipinski definition) is 2. The summed E-state index contributed by atoms with van der Waals surface area (Å²) in [6, 6.07) is 3.91. The van der Waals surface area contributed by atoms with Gasteiger partial charge in [-0.05, 0) is 31.9 Å². The van der Waals surface area contributed by atoms with E-state index >= 15 is 0 Å². The van der Waals surface area contributed by atoms with Crippen molar-refractivity contribution >= 4 is 5.97 Å². The van der Waals surface area contributed by atoms with E-state index in [2.05, 4.69) is 5.10 Å². The smallest absolute Gasteiger partial charge is 0.342 e. The second-order valence-corrected chi connectivity index (χ2v) is 4.38. The predicted molar refractivity (Wildman–Crippen MR) is 67.6 cm³/mol. The number of carboxylic acid groups (broad SMARTS) is 1. The highest BCUT2D eigenvalue weighted by molar-refractivity contribution is 5.86. The molecule has 0 spiro atoms. The summed E-state index contributed by atoms with van der Waals surface area (Å²) in [5.74, 6) is -1.22. The first-order chi connectivity index (χ1) is 8.41. The van der Waals surface area contributed by atoms with E-state index in [0.29, 0.717) is 5.69 Å². The van der Waals surface area contributed by atoms with E-state index < -0.39 is 11.5 Å². The number of rotatable bonds is 2. The molecule has 0 amide bonds. The zero-order valence-electron chi connectivity index (χ0n) is 10.4. The fourth-order valence-corrected chi connectivity index (χ4v) is 2.21. The summed E-state index contributed by atoms with van der Waals surface area (Å²) in [7, 11) is 0. The second kappa shape index (κ2) is 4.18. The maximum Gasteiger partial charge on any atom is 0.342 e. The van der Waals surface area contributed by atoms with Gasteiger partial charge in [0.05, 0.1) is 5.69 Å². The Bertz CT molecular complexity index is 657. The number of hydrogen-bond acceptors (Lipinski definition) is 2. The van der Waals surface area contributed by atoms with Gasteiger partial charge in [-0.25, -0.2) is 9.48 Å². The number of aromatic carboxylic acids is 1. The van der Waals surface area contributed by atoms with Gasteiger partial charge in [0.25, 0.3) is 5.56 Å². The van der Waals surface area contributed by atoms with Gasteiger partial charge in [-0.2, -0.15) is 0 Å². The molecule has 5 heteroatoms. The topological polar surface area (TPSA) is 75.1 Å². The van der Waals surface area contributed by atoms with Crippen LogP contribution in [0.25, 0.3) is 5.69 Å². The molecule has 0 aliphatic carbocycles. The molecular weight excluding hydrogens is 232 g/mol. The van der Waals surface area contributed by atoms with E-state index in [9.17, 15) is 9.59 Å². The Hall–Kier alpha value is -2.30. The minimum Gasteiger partial charge on any atom is -0.477 e. The number of carboxylic acids is 1. The second-order valence-electron chi connectivity index (χ2n) is 4.38. The number of aromatic nitrogens is 2. The van der Waals surface area contributed by atoms with Crippen molar-refractivity contribution < 1.29 is 9.90 Å². The summed E-state index contributed by atoms with van der Waals surface area (Å²) in [4.78, 5) is 22.8. The lowest BCUT2D eigenvalue weighted by Gasteiger charge is -2.11. The van der Waals surface area contributed by atoms with Crippen LogP contribution < -0.4 is 5.56 Å². The molecule has 0 saturated carbocycles. The lowest BCUT2D eigenvalue weighted by molar-refractivity contribution is 0.0695. The summed E-state index contributed by atoms with van der Waals surface area (Å²) in [5, 5.41) is 11.6. The highest BCUT2D eigenvalue weighted by Crippen LogP contribution is 2.19. The molecule has 18 heavy (non-hydrogen) atoms. The van der Waals surface area contributed by atoms with Crippen LogP contribution in [0.1, 0.15) is 27.0 Å². The molecule has 94 valence electrons. The molecule has 0 bridgehead atoms. The highest BCUT2D eigenvalue weighted by atomic mass is 16.4. The van der Waals surface area contributed by atoms with Gasteiger partial charge < -0.3 is 5.11 Å². The van der Waals surface area contributed by atoms with Crippen LogP contribution >= 0.6 is 0 Å². The molecule has 2 rings (SSSR count). The Kier molecular flexibility index (Phi) is 2.82. The van der Waals surface area contributed by atoms with Crippen molar-refractivity contribution in [3.63, 3.8) is 0 Å². The van der Waals surface area contributed by atoms with Crippen molar-refractivity contribution in [2.75, 3.05) is 0 Å². The van der Waals surface area contributed by atoms with E-state index in [1.165, 1.54) is 10.9 Å². The number of nitrogens with zero attached hydrogens (tertiary/aromatic N) is 1.